The quantitative estimate of drug-likeness (QED) is 0.831. The number of aliphatic hydroxyl groups excluding tert-OH is 1. The third-order valence-corrected chi connectivity index (χ3v) is 4.03. The highest BCUT2D eigenvalue weighted by molar-refractivity contribution is 5.75. The van der Waals surface area contributed by atoms with E-state index in [4.69, 9.17) is 0 Å². The second kappa shape index (κ2) is 6.89. The maximum absolute atomic E-state index is 12.0. The molecule has 1 aromatic rings. The molecule has 1 amide bonds. The Morgan fingerprint density at radius 1 is 1.35 bits per heavy atom. The molecule has 0 spiro atoms. The molecule has 1 N–H and O–H groups in total. The molecular formula is C17H25NO2. The fourth-order valence-electron chi connectivity index (χ4n) is 2.40. The summed E-state index contributed by atoms with van der Waals surface area (Å²) in [6.45, 7) is 2.56. The Balaban J connectivity index is 1.67. The van der Waals surface area contributed by atoms with E-state index >= 15 is 0 Å². The molecular weight excluding hydrogens is 250 g/mol. The Morgan fingerprint density at radius 3 is 2.60 bits per heavy atom. The highest BCUT2D eigenvalue weighted by atomic mass is 16.3. The number of hydrogen-bond donors (Lipinski definition) is 1. The minimum atomic E-state index is -0.332. The molecule has 110 valence electrons. The maximum atomic E-state index is 12.0. The molecule has 1 atom stereocenters. The number of amides is 1. The van der Waals surface area contributed by atoms with Crippen molar-refractivity contribution in [1.29, 1.82) is 0 Å². The predicted molar refractivity (Wildman–Crippen MR) is 80.5 cm³/mol. The van der Waals surface area contributed by atoms with Crippen LogP contribution >= 0.6 is 0 Å². The van der Waals surface area contributed by atoms with Crippen LogP contribution in [0.2, 0.25) is 0 Å². The fraction of sp³-hybridized carbons (Fsp3) is 0.588. The van der Waals surface area contributed by atoms with Gasteiger partial charge in [-0.3, -0.25) is 4.79 Å². The minimum Gasteiger partial charge on any atom is -0.391 e. The van der Waals surface area contributed by atoms with Gasteiger partial charge in [0, 0.05) is 20.0 Å². The average molecular weight is 275 g/mol. The zero-order chi connectivity index (χ0) is 14.5. The van der Waals surface area contributed by atoms with Crippen LogP contribution in [0.4, 0.5) is 0 Å². The van der Waals surface area contributed by atoms with Crippen molar-refractivity contribution in [1.82, 2.24) is 4.90 Å². The molecule has 1 saturated carbocycles. The molecule has 0 saturated heterocycles. The van der Waals surface area contributed by atoms with Gasteiger partial charge in [0.2, 0.25) is 5.91 Å². The van der Waals surface area contributed by atoms with Crippen LogP contribution in [0.5, 0.6) is 0 Å². The topological polar surface area (TPSA) is 40.5 Å². The summed E-state index contributed by atoms with van der Waals surface area (Å²) < 4.78 is 0. The Labute approximate surface area is 121 Å². The smallest absolute Gasteiger partial charge is 0.222 e. The number of carbonyl (C=O) groups is 1. The standard InChI is InChI=1S/C17H25NO2/c1-13-6-8-14(9-7-13)4-3-5-17(20)18(2)12-16(19)15-10-11-15/h6-9,15-16,19H,3-5,10-12H2,1-2H3. The molecule has 0 bridgehead atoms. The van der Waals surface area contributed by atoms with Crippen LogP contribution in [0.1, 0.15) is 36.8 Å². The van der Waals surface area contributed by atoms with Crippen LogP contribution in [0, 0.1) is 12.8 Å². The number of nitrogens with zero attached hydrogens (tertiary/aromatic N) is 1. The summed E-state index contributed by atoms with van der Waals surface area (Å²) in [6.07, 6.45) is 4.24. The van der Waals surface area contributed by atoms with Gasteiger partial charge in [0.05, 0.1) is 6.10 Å². The Bertz CT molecular complexity index is 437. The molecule has 2 rings (SSSR count). The van der Waals surface area contributed by atoms with E-state index in [1.165, 1.54) is 11.1 Å². The van der Waals surface area contributed by atoms with Crippen molar-refractivity contribution in [2.24, 2.45) is 5.92 Å². The Morgan fingerprint density at radius 2 is 2.00 bits per heavy atom. The Kier molecular flexibility index (Phi) is 5.18. The summed E-state index contributed by atoms with van der Waals surface area (Å²) >= 11 is 0. The molecule has 3 nitrogen and oxygen atoms in total. The number of aryl methyl sites for hydroxylation is 2. The van der Waals surface area contributed by atoms with Gasteiger partial charge in [-0.1, -0.05) is 29.8 Å². The number of rotatable bonds is 7. The van der Waals surface area contributed by atoms with Gasteiger partial charge in [-0.15, -0.1) is 0 Å². The van der Waals surface area contributed by atoms with E-state index in [0.717, 1.165) is 25.7 Å². The van der Waals surface area contributed by atoms with E-state index in [1.54, 1.807) is 11.9 Å². The third-order valence-electron chi connectivity index (χ3n) is 4.03. The van der Waals surface area contributed by atoms with Gasteiger partial charge in [-0.2, -0.15) is 0 Å². The average Bonchev–Trinajstić information content (AvgIpc) is 3.25. The van der Waals surface area contributed by atoms with Crippen molar-refractivity contribution in [3.8, 4) is 0 Å². The third kappa shape index (κ3) is 4.64. The van der Waals surface area contributed by atoms with Crippen molar-refractivity contribution in [2.45, 2.75) is 45.1 Å². The monoisotopic (exact) mass is 275 g/mol. The van der Waals surface area contributed by atoms with Crippen LogP contribution < -0.4 is 0 Å². The summed E-state index contributed by atoms with van der Waals surface area (Å²) in [5.74, 6) is 0.564. The molecule has 20 heavy (non-hydrogen) atoms. The van der Waals surface area contributed by atoms with Gasteiger partial charge in [0.1, 0.15) is 0 Å². The van der Waals surface area contributed by atoms with Gasteiger partial charge < -0.3 is 10.0 Å². The highest BCUT2D eigenvalue weighted by Gasteiger charge is 2.30. The SMILES string of the molecule is Cc1ccc(CCCC(=O)N(C)CC(O)C2CC2)cc1. The van der Waals surface area contributed by atoms with E-state index in [9.17, 15) is 9.90 Å². The van der Waals surface area contributed by atoms with E-state index in [-0.39, 0.29) is 12.0 Å². The highest BCUT2D eigenvalue weighted by Crippen LogP contribution is 2.32. The first-order chi connectivity index (χ1) is 9.56. The van der Waals surface area contributed by atoms with Gasteiger partial charge in [0.25, 0.3) is 0 Å². The fourth-order valence-corrected chi connectivity index (χ4v) is 2.40. The molecule has 0 aromatic heterocycles. The van der Waals surface area contributed by atoms with Gasteiger partial charge in [-0.05, 0) is 44.1 Å². The largest absolute Gasteiger partial charge is 0.391 e. The second-order valence-electron chi connectivity index (χ2n) is 6.02. The van der Waals surface area contributed by atoms with Crippen molar-refractivity contribution in [3.05, 3.63) is 35.4 Å². The minimum absolute atomic E-state index is 0.136. The van der Waals surface area contributed by atoms with Crippen LogP contribution in [0.25, 0.3) is 0 Å². The number of aliphatic hydroxyl groups is 1. The summed E-state index contributed by atoms with van der Waals surface area (Å²) in [4.78, 5) is 13.7. The Hall–Kier alpha value is -1.35. The first-order valence-corrected chi connectivity index (χ1v) is 7.54. The lowest BCUT2D eigenvalue weighted by Gasteiger charge is -2.20. The van der Waals surface area contributed by atoms with Gasteiger partial charge in [0.15, 0.2) is 0 Å². The molecule has 1 aliphatic rings. The summed E-state index contributed by atoms with van der Waals surface area (Å²) in [5, 5.41) is 9.84. The molecule has 1 fully saturated rings. The van der Waals surface area contributed by atoms with Crippen LogP contribution in [-0.2, 0) is 11.2 Å². The number of hydrogen-bond acceptors (Lipinski definition) is 2. The lowest BCUT2D eigenvalue weighted by molar-refractivity contribution is -0.131. The van der Waals surface area contributed by atoms with Gasteiger partial charge in [-0.25, -0.2) is 0 Å². The normalized spacial score (nSPS) is 15.9. The van der Waals surface area contributed by atoms with Crippen LogP contribution in [0.3, 0.4) is 0 Å². The van der Waals surface area contributed by atoms with Crippen LogP contribution in [0.15, 0.2) is 24.3 Å². The number of benzene rings is 1. The summed E-state index contributed by atoms with van der Waals surface area (Å²) in [5.41, 5.74) is 2.54. The van der Waals surface area contributed by atoms with Crippen LogP contribution in [-0.4, -0.2) is 35.6 Å². The second-order valence-corrected chi connectivity index (χ2v) is 6.02. The molecule has 1 aliphatic carbocycles. The maximum Gasteiger partial charge on any atom is 0.222 e. The van der Waals surface area contributed by atoms with Crippen molar-refractivity contribution < 1.29 is 9.90 Å². The number of carbonyl (C=O) groups excluding carboxylic acids is 1. The van der Waals surface area contributed by atoms with E-state index in [1.807, 2.05) is 0 Å². The summed E-state index contributed by atoms with van der Waals surface area (Å²) in [7, 11) is 1.79. The van der Waals surface area contributed by atoms with Crippen molar-refractivity contribution in [3.63, 3.8) is 0 Å². The molecule has 0 aliphatic heterocycles. The van der Waals surface area contributed by atoms with E-state index in [2.05, 4.69) is 31.2 Å². The lowest BCUT2D eigenvalue weighted by atomic mass is 10.1. The summed E-state index contributed by atoms with van der Waals surface area (Å²) in [6, 6.07) is 8.46. The number of likely N-dealkylation sites (N-methyl/N-ethyl adjacent to an activating group) is 1. The molecule has 1 aromatic carbocycles. The zero-order valence-corrected chi connectivity index (χ0v) is 12.5. The predicted octanol–water partition coefficient (Wildman–Crippen LogP) is 2.55. The van der Waals surface area contributed by atoms with E-state index < -0.39 is 0 Å². The van der Waals surface area contributed by atoms with Crippen molar-refractivity contribution >= 4 is 5.91 Å². The molecule has 1 unspecified atom stereocenters. The first kappa shape index (κ1) is 15.0. The zero-order valence-electron chi connectivity index (χ0n) is 12.5. The molecule has 0 heterocycles. The molecule has 0 radical (unpaired) electrons. The first-order valence-electron chi connectivity index (χ1n) is 7.54. The van der Waals surface area contributed by atoms with Crippen molar-refractivity contribution in [2.75, 3.05) is 13.6 Å². The van der Waals surface area contributed by atoms with Gasteiger partial charge >= 0.3 is 0 Å². The van der Waals surface area contributed by atoms with E-state index in [0.29, 0.717) is 18.9 Å². The molecule has 3 heteroatoms. The lowest BCUT2D eigenvalue weighted by Crippen LogP contribution is -2.35.